The summed E-state index contributed by atoms with van der Waals surface area (Å²) in [5.74, 6) is -0.580. The number of aliphatic carboxylic acids is 1. The number of esters is 1. The molecule has 2 saturated carbocycles. The normalized spacial score (nSPS) is 18.9. The second-order valence-corrected chi connectivity index (χ2v) is 8.59. The summed E-state index contributed by atoms with van der Waals surface area (Å²) in [6.07, 6.45) is 13.8. The number of carbonyl (C=O) groups excluding carboxylic acids is 1. The van der Waals surface area contributed by atoms with Crippen LogP contribution in [-0.2, 0) is 19.1 Å². The summed E-state index contributed by atoms with van der Waals surface area (Å²) in [5, 5.41) is 9.13. The second-order valence-electron chi connectivity index (χ2n) is 8.59. The van der Waals surface area contributed by atoms with Crippen LogP contribution in [0, 0.1) is 10.8 Å². The Morgan fingerprint density at radius 3 is 1.81 bits per heavy atom. The van der Waals surface area contributed by atoms with E-state index in [4.69, 9.17) is 14.6 Å². The van der Waals surface area contributed by atoms with Crippen LogP contribution in [0.2, 0.25) is 0 Å². The number of hydrogen-bond donors (Lipinski definition) is 1. The van der Waals surface area contributed by atoms with Crippen LogP contribution in [0.25, 0.3) is 0 Å². The lowest BCUT2D eigenvalue weighted by Gasteiger charge is -2.14. The van der Waals surface area contributed by atoms with Crippen LogP contribution < -0.4 is 0 Å². The monoisotopic (exact) mass is 382 g/mol. The van der Waals surface area contributed by atoms with Gasteiger partial charge in [-0.3, -0.25) is 9.59 Å². The van der Waals surface area contributed by atoms with E-state index in [9.17, 15) is 9.59 Å². The molecule has 1 N–H and O–H groups in total. The van der Waals surface area contributed by atoms with Crippen LogP contribution in [0.15, 0.2) is 0 Å². The van der Waals surface area contributed by atoms with E-state index in [0.29, 0.717) is 6.61 Å². The molecule has 0 radical (unpaired) electrons. The Bertz CT molecular complexity index is 465. The highest BCUT2D eigenvalue weighted by molar-refractivity contribution is 5.79. The van der Waals surface area contributed by atoms with Gasteiger partial charge in [-0.05, 0) is 57.8 Å². The van der Waals surface area contributed by atoms with E-state index in [2.05, 4.69) is 6.92 Å². The number of rotatable bonds is 17. The van der Waals surface area contributed by atoms with Gasteiger partial charge in [0.25, 0.3) is 0 Å². The SMILES string of the molecule is CCCCOC(=O)C1(CCCCCOCCCCCC2(C(=O)O)CC2)CC1. The van der Waals surface area contributed by atoms with Crippen molar-refractivity contribution in [3.63, 3.8) is 0 Å². The van der Waals surface area contributed by atoms with Gasteiger partial charge in [-0.1, -0.05) is 39.0 Å². The Labute approximate surface area is 164 Å². The van der Waals surface area contributed by atoms with Crippen molar-refractivity contribution in [1.82, 2.24) is 0 Å². The maximum absolute atomic E-state index is 12.1. The number of ether oxygens (including phenoxy) is 2. The molecule has 0 aliphatic heterocycles. The molecule has 0 aromatic carbocycles. The standard InChI is InChI=1S/C22H38O5/c1-2-3-18-27-20(25)22(14-15-22)11-7-5-9-17-26-16-8-4-6-10-21(12-13-21)19(23)24/h2-18H2,1H3,(H,23,24). The van der Waals surface area contributed by atoms with Gasteiger partial charge in [-0.25, -0.2) is 0 Å². The highest BCUT2D eigenvalue weighted by atomic mass is 16.5. The Hall–Kier alpha value is -1.10. The average Bonchev–Trinajstić information content (AvgIpc) is 3.55. The van der Waals surface area contributed by atoms with E-state index >= 15 is 0 Å². The Kier molecular flexibility index (Phi) is 9.07. The minimum absolute atomic E-state index is 0.0306. The number of unbranched alkanes of at least 4 members (excludes halogenated alkanes) is 5. The van der Waals surface area contributed by atoms with Crippen LogP contribution in [-0.4, -0.2) is 36.9 Å². The molecular formula is C22H38O5. The first-order valence-corrected chi connectivity index (χ1v) is 11.0. The fourth-order valence-corrected chi connectivity index (χ4v) is 3.68. The maximum Gasteiger partial charge on any atom is 0.312 e. The van der Waals surface area contributed by atoms with Crippen molar-refractivity contribution in [2.45, 2.75) is 96.8 Å². The Balaban J connectivity index is 1.37. The van der Waals surface area contributed by atoms with Crippen molar-refractivity contribution in [1.29, 1.82) is 0 Å². The number of carboxylic acids is 1. The van der Waals surface area contributed by atoms with E-state index in [1.807, 2.05) is 0 Å². The van der Waals surface area contributed by atoms with Crippen molar-refractivity contribution in [3.05, 3.63) is 0 Å². The van der Waals surface area contributed by atoms with E-state index in [-0.39, 0.29) is 16.8 Å². The van der Waals surface area contributed by atoms with Gasteiger partial charge in [0.05, 0.1) is 17.4 Å². The molecule has 2 rings (SSSR count). The number of carbonyl (C=O) groups is 2. The summed E-state index contributed by atoms with van der Waals surface area (Å²) in [4.78, 5) is 23.2. The molecule has 2 aliphatic rings. The van der Waals surface area contributed by atoms with Gasteiger partial charge in [0.1, 0.15) is 0 Å². The summed E-state index contributed by atoms with van der Waals surface area (Å²) in [7, 11) is 0. The molecule has 27 heavy (non-hydrogen) atoms. The summed E-state index contributed by atoms with van der Waals surface area (Å²) < 4.78 is 11.1. The van der Waals surface area contributed by atoms with E-state index in [1.165, 1.54) is 0 Å². The summed E-state index contributed by atoms with van der Waals surface area (Å²) >= 11 is 0. The molecule has 2 aliphatic carbocycles. The van der Waals surface area contributed by atoms with Gasteiger partial charge in [0, 0.05) is 13.2 Å². The highest BCUT2D eigenvalue weighted by Gasteiger charge is 2.50. The Morgan fingerprint density at radius 1 is 0.778 bits per heavy atom. The first kappa shape index (κ1) is 22.2. The van der Waals surface area contributed by atoms with E-state index in [0.717, 1.165) is 103 Å². The van der Waals surface area contributed by atoms with Gasteiger partial charge in [0.2, 0.25) is 0 Å². The molecule has 0 saturated heterocycles. The third kappa shape index (κ3) is 7.44. The first-order valence-electron chi connectivity index (χ1n) is 11.0. The predicted octanol–water partition coefficient (Wildman–Crippen LogP) is 5.11. The predicted molar refractivity (Wildman–Crippen MR) is 105 cm³/mol. The molecule has 0 unspecified atom stereocenters. The zero-order chi connectivity index (χ0) is 19.6. The molecule has 0 atom stereocenters. The van der Waals surface area contributed by atoms with Gasteiger partial charge in [0.15, 0.2) is 0 Å². The number of hydrogen-bond acceptors (Lipinski definition) is 4. The minimum atomic E-state index is -0.610. The number of carboxylic acid groups (broad SMARTS) is 1. The lowest BCUT2D eigenvalue weighted by Crippen LogP contribution is -2.19. The molecule has 0 aromatic rings. The summed E-state index contributed by atoms with van der Waals surface area (Å²) in [6, 6.07) is 0. The van der Waals surface area contributed by atoms with Crippen LogP contribution in [0.1, 0.15) is 96.8 Å². The van der Waals surface area contributed by atoms with Crippen molar-refractivity contribution in [3.8, 4) is 0 Å². The zero-order valence-corrected chi connectivity index (χ0v) is 17.1. The third-order valence-corrected chi connectivity index (χ3v) is 6.21. The molecule has 0 amide bonds. The van der Waals surface area contributed by atoms with Crippen LogP contribution in [0.5, 0.6) is 0 Å². The molecule has 5 nitrogen and oxygen atoms in total. The average molecular weight is 383 g/mol. The fourth-order valence-electron chi connectivity index (χ4n) is 3.68. The smallest absolute Gasteiger partial charge is 0.312 e. The van der Waals surface area contributed by atoms with E-state index < -0.39 is 5.97 Å². The Morgan fingerprint density at radius 2 is 1.33 bits per heavy atom. The topological polar surface area (TPSA) is 72.8 Å². The van der Waals surface area contributed by atoms with Crippen LogP contribution >= 0.6 is 0 Å². The molecular weight excluding hydrogens is 344 g/mol. The molecule has 0 heterocycles. The van der Waals surface area contributed by atoms with Gasteiger partial charge < -0.3 is 14.6 Å². The maximum atomic E-state index is 12.1. The molecule has 0 spiro atoms. The first-order chi connectivity index (χ1) is 13.0. The summed E-state index contributed by atoms with van der Waals surface area (Å²) in [6.45, 7) is 4.23. The van der Waals surface area contributed by atoms with Gasteiger partial charge in [-0.15, -0.1) is 0 Å². The lowest BCUT2D eigenvalue weighted by atomic mass is 9.98. The molecule has 0 bridgehead atoms. The quantitative estimate of drug-likeness (QED) is 0.279. The van der Waals surface area contributed by atoms with Crippen molar-refractivity contribution >= 4 is 11.9 Å². The molecule has 0 aromatic heterocycles. The van der Waals surface area contributed by atoms with Crippen molar-refractivity contribution in [2.24, 2.45) is 10.8 Å². The minimum Gasteiger partial charge on any atom is -0.481 e. The van der Waals surface area contributed by atoms with Gasteiger partial charge in [-0.2, -0.15) is 0 Å². The largest absolute Gasteiger partial charge is 0.481 e. The van der Waals surface area contributed by atoms with E-state index in [1.54, 1.807) is 0 Å². The second kappa shape index (κ2) is 11.0. The summed E-state index contributed by atoms with van der Waals surface area (Å²) in [5.41, 5.74) is -0.522. The fraction of sp³-hybridized carbons (Fsp3) is 0.909. The van der Waals surface area contributed by atoms with Crippen molar-refractivity contribution in [2.75, 3.05) is 19.8 Å². The molecule has 5 heteroatoms. The molecule has 156 valence electrons. The lowest BCUT2D eigenvalue weighted by molar-refractivity contribution is -0.150. The van der Waals surface area contributed by atoms with Crippen LogP contribution in [0.4, 0.5) is 0 Å². The van der Waals surface area contributed by atoms with Crippen molar-refractivity contribution < 1.29 is 24.2 Å². The third-order valence-electron chi connectivity index (χ3n) is 6.21. The highest BCUT2D eigenvalue weighted by Crippen LogP contribution is 2.51. The molecule has 2 fully saturated rings. The van der Waals surface area contributed by atoms with Gasteiger partial charge >= 0.3 is 11.9 Å². The zero-order valence-electron chi connectivity index (χ0n) is 17.1. The van der Waals surface area contributed by atoms with Crippen LogP contribution in [0.3, 0.4) is 0 Å².